The van der Waals surface area contributed by atoms with Crippen LogP contribution in [-0.2, 0) is 0 Å². The lowest BCUT2D eigenvalue weighted by molar-refractivity contribution is 0.0690. The summed E-state index contributed by atoms with van der Waals surface area (Å²) < 4.78 is 1.68. The maximum atomic E-state index is 11.7. The van der Waals surface area contributed by atoms with E-state index in [2.05, 4.69) is 37.6 Å². The van der Waals surface area contributed by atoms with Crippen LogP contribution in [0.25, 0.3) is 4.96 Å². The van der Waals surface area contributed by atoms with Gasteiger partial charge < -0.3 is 10.0 Å². The lowest BCUT2D eigenvalue weighted by Gasteiger charge is -2.32. The second-order valence-electron chi connectivity index (χ2n) is 5.66. The summed E-state index contributed by atoms with van der Waals surface area (Å²) in [6.07, 6.45) is 3.74. The van der Waals surface area contributed by atoms with Crippen LogP contribution in [0.2, 0.25) is 0 Å². The first-order chi connectivity index (χ1) is 9.99. The molecule has 0 atom stereocenters. The van der Waals surface area contributed by atoms with Gasteiger partial charge in [-0.2, -0.15) is 0 Å². The van der Waals surface area contributed by atoms with Gasteiger partial charge in [0.25, 0.3) is 0 Å². The molecule has 0 unspecified atom stereocenters. The van der Waals surface area contributed by atoms with Crippen LogP contribution in [-0.4, -0.2) is 33.0 Å². The Kier molecular flexibility index (Phi) is 4.88. The van der Waals surface area contributed by atoms with Crippen molar-refractivity contribution in [1.82, 2.24) is 9.38 Å². The first-order valence-electron chi connectivity index (χ1n) is 7.45. The van der Waals surface area contributed by atoms with Crippen LogP contribution in [0.5, 0.6) is 0 Å². The number of imidazole rings is 1. The number of rotatable bonds is 7. The SMILES string of the molecule is CCC(CC)N(CC(C)C)c1nc2sccn2c1C(=O)O. The number of carboxylic acid groups (broad SMARTS) is 1. The maximum Gasteiger partial charge on any atom is 0.356 e. The van der Waals surface area contributed by atoms with Crippen molar-refractivity contribution >= 4 is 28.1 Å². The van der Waals surface area contributed by atoms with Gasteiger partial charge in [0, 0.05) is 24.2 Å². The molecule has 2 aromatic rings. The van der Waals surface area contributed by atoms with Crippen molar-refractivity contribution in [3.8, 4) is 0 Å². The number of hydrogen-bond donors (Lipinski definition) is 1. The van der Waals surface area contributed by atoms with Gasteiger partial charge in [-0.1, -0.05) is 27.7 Å². The normalized spacial score (nSPS) is 11.7. The van der Waals surface area contributed by atoms with Crippen LogP contribution in [0.4, 0.5) is 5.82 Å². The molecule has 2 rings (SSSR count). The second-order valence-corrected chi connectivity index (χ2v) is 6.53. The van der Waals surface area contributed by atoms with Crippen LogP contribution >= 0.6 is 11.3 Å². The molecule has 0 fully saturated rings. The molecule has 0 aromatic carbocycles. The highest BCUT2D eigenvalue weighted by Crippen LogP contribution is 2.28. The van der Waals surface area contributed by atoms with Crippen LogP contribution in [0.1, 0.15) is 51.0 Å². The molecule has 5 nitrogen and oxygen atoms in total. The van der Waals surface area contributed by atoms with E-state index < -0.39 is 5.97 Å². The molecular formula is C15H23N3O2S. The molecule has 0 saturated carbocycles. The summed E-state index contributed by atoms with van der Waals surface area (Å²) in [5.41, 5.74) is 0.277. The monoisotopic (exact) mass is 309 g/mol. The summed E-state index contributed by atoms with van der Waals surface area (Å²) in [4.78, 5) is 19.2. The Labute approximate surface area is 129 Å². The van der Waals surface area contributed by atoms with Crippen molar-refractivity contribution in [3.05, 3.63) is 17.3 Å². The highest BCUT2D eigenvalue weighted by atomic mass is 32.1. The highest BCUT2D eigenvalue weighted by Gasteiger charge is 2.27. The van der Waals surface area contributed by atoms with Crippen molar-refractivity contribution < 1.29 is 9.90 Å². The molecule has 21 heavy (non-hydrogen) atoms. The van der Waals surface area contributed by atoms with Crippen LogP contribution < -0.4 is 4.90 Å². The molecule has 0 radical (unpaired) electrons. The summed E-state index contributed by atoms with van der Waals surface area (Å²) >= 11 is 1.46. The predicted molar refractivity (Wildman–Crippen MR) is 86.6 cm³/mol. The predicted octanol–water partition coefficient (Wildman–Crippen LogP) is 3.75. The minimum Gasteiger partial charge on any atom is -0.476 e. The molecule has 0 aliphatic carbocycles. The summed E-state index contributed by atoms with van der Waals surface area (Å²) in [6, 6.07) is 0.315. The van der Waals surface area contributed by atoms with E-state index in [9.17, 15) is 9.90 Å². The van der Waals surface area contributed by atoms with Gasteiger partial charge in [0.15, 0.2) is 16.5 Å². The minimum absolute atomic E-state index is 0.277. The zero-order valence-electron chi connectivity index (χ0n) is 13.0. The molecule has 6 heteroatoms. The van der Waals surface area contributed by atoms with E-state index in [1.807, 2.05) is 5.38 Å². The zero-order chi connectivity index (χ0) is 15.6. The van der Waals surface area contributed by atoms with Gasteiger partial charge in [-0.25, -0.2) is 9.78 Å². The fraction of sp³-hybridized carbons (Fsp3) is 0.600. The molecule has 1 N–H and O–H groups in total. The van der Waals surface area contributed by atoms with Crippen molar-refractivity contribution in [1.29, 1.82) is 0 Å². The molecular weight excluding hydrogens is 286 g/mol. The second kappa shape index (κ2) is 6.47. The fourth-order valence-corrected chi connectivity index (χ4v) is 3.41. The van der Waals surface area contributed by atoms with Gasteiger partial charge in [-0.15, -0.1) is 11.3 Å². The Morgan fingerprint density at radius 3 is 2.62 bits per heavy atom. The van der Waals surface area contributed by atoms with Crippen molar-refractivity contribution in [2.24, 2.45) is 5.92 Å². The average Bonchev–Trinajstić information content (AvgIpc) is 2.97. The van der Waals surface area contributed by atoms with Crippen molar-refractivity contribution in [3.63, 3.8) is 0 Å². The molecule has 0 spiro atoms. The van der Waals surface area contributed by atoms with Crippen LogP contribution in [0, 0.1) is 5.92 Å². The zero-order valence-corrected chi connectivity index (χ0v) is 13.9. The lowest BCUT2D eigenvalue weighted by atomic mass is 10.1. The smallest absolute Gasteiger partial charge is 0.356 e. The van der Waals surface area contributed by atoms with E-state index in [4.69, 9.17) is 0 Å². The summed E-state index contributed by atoms with van der Waals surface area (Å²) in [6.45, 7) is 9.39. The molecule has 116 valence electrons. The van der Waals surface area contributed by atoms with Gasteiger partial charge in [-0.05, 0) is 18.8 Å². The highest BCUT2D eigenvalue weighted by molar-refractivity contribution is 7.15. The van der Waals surface area contributed by atoms with Crippen molar-refractivity contribution in [2.75, 3.05) is 11.4 Å². The first kappa shape index (κ1) is 15.8. The number of anilines is 1. The number of fused-ring (bicyclic) bond motifs is 1. The Morgan fingerprint density at radius 2 is 2.10 bits per heavy atom. The number of hydrogen-bond acceptors (Lipinski definition) is 4. The van der Waals surface area contributed by atoms with E-state index in [0.717, 1.165) is 24.3 Å². The summed E-state index contributed by atoms with van der Waals surface area (Å²) in [7, 11) is 0. The van der Waals surface area contributed by atoms with E-state index in [-0.39, 0.29) is 5.69 Å². The largest absolute Gasteiger partial charge is 0.476 e. The number of carbonyl (C=O) groups is 1. The Hall–Kier alpha value is -1.56. The Bertz CT molecular complexity index is 613. The summed E-state index contributed by atoms with van der Waals surface area (Å²) in [5, 5.41) is 11.5. The lowest BCUT2D eigenvalue weighted by Crippen LogP contribution is -2.38. The number of aromatic carboxylic acids is 1. The maximum absolute atomic E-state index is 11.7. The standard InChI is InChI=1S/C15H23N3O2S/c1-5-11(6-2)18(9-10(3)4)13-12(14(19)20)17-7-8-21-15(17)16-13/h7-8,10-11H,5-6,9H2,1-4H3,(H,19,20). The van der Waals surface area contributed by atoms with E-state index in [0.29, 0.717) is 17.8 Å². The van der Waals surface area contributed by atoms with E-state index in [1.54, 1.807) is 10.6 Å². The third-order valence-corrected chi connectivity index (χ3v) is 4.42. The van der Waals surface area contributed by atoms with Gasteiger partial charge in [0.05, 0.1) is 0 Å². The summed E-state index contributed by atoms with van der Waals surface area (Å²) in [5.74, 6) is 0.138. The fourth-order valence-electron chi connectivity index (χ4n) is 2.70. The molecule has 0 saturated heterocycles. The number of aromatic nitrogens is 2. The number of nitrogens with zero attached hydrogens (tertiary/aromatic N) is 3. The van der Waals surface area contributed by atoms with E-state index >= 15 is 0 Å². The van der Waals surface area contributed by atoms with Gasteiger partial charge >= 0.3 is 5.97 Å². The Balaban J connectivity index is 2.55. The molecule has 0 amide bonds. The number of thiazole rings is 1. The molecule has 0 aliphatic rings. The van der Waals surface area contributed by atoms with Crippen LogP contribution in [0.15, 0.2) is 11.6 Å². The van der Waals surface area contributed by atoms with Gasteiger partial charge in [0.1, 0.15) is 0 Å². The Morgan fingerprint density at radius 1 is 1.43 bits per heavy atom. The third kappa shape index (κ3) is 3.05. The molecule has 0 bridgehead atoms. The first-order valence-corrected chi connectivity index (χ1v) is 8.32. The molecule has 0 aliphatic heterocycles. The quantitative estimate of drug-likeness (QED) is 0.846. The van der Waals surface area contributed by atoms with Gasteiger partial charge in [-0.3, -0.25) is 4.40 Å². The van der Waals surface area contributed by atoms with Crippen LogP contribution in [0.3, 0.4) is 0 Å². The molecule has 2 aromatic heterocycles. The van der Waals surface area contributed by atoms with Gasteiger partial charge in [0.2, 0.25) is 0 Å². The number of carboxylic acids is 1. The topological polar surface area (TPSA) is 57.8 Å². The average molecular weight is 309 g/mol. The third-order valence-electron chi connectivity index (χ3n) is 3.66. The minimum atomic E-state index is -0.921. The van der Waals surface area contributed by atoms with Crippen molar-refractivity contribution in [2.45, 2.75) is 46.6 Å². The molecule has 2 heterocycles. The van der Waals surface area contributed by atoms with E-state index in [1.165, 1.54) is 11.3 Å².